The van der Waals surface area contributed by atoms with Crippen LogP contribution in [0.2, 0.25) is 0 Å². The average molecular weight is 331 g/mol. The molecule has 126 valence electrons. The second-order valence-corrected chi connectivity index (χ2v) is 6.08. The maximum atomic E-state index is 4.82. The molecule has 0 saturated heterocycles. The van der Waals surface area contributed by atoms with Crippen molar-refractivity contribution in [1.82, 2.24) is 15.2 Å². The van der Waals surface area contributed by atoms with E-state index in [1.807, 2.05) is 18.2 Å². The molecule has 1 aliphatic rings. The molecule has 0 unspecified atom stereocenters. The Morgan fingerprint density at radius 1 is 1.04 bits per heavy atom. The average Bonchev–Trinajstić information content (AvgIpc) is 2.69. The van der Waals surface area contributed by atoms with Crippen LogP contribution in [0.3, 0.4) is 0 Å². The lowest BCUT2D eigenvalue weighted by Gasteiger charge is -2.30. The van der Waals surface area contributed by atoms with Gasteiger partial charge in [-0.1, -0.05) is 36.4 Å². The molecule has 2 aromatic carbocycles. The zero-order valence-electron chi connectivity index (χ0n) is 14.3. The molecule has 25 heavy (non-hydrogen) atoms. The smallest absolute Gasteiger partial charge is 0.251 e. The first-order valence-electron chi connectivity index (χ1n) is 8.74. The highest BCUT2D eigenvalue weighted by atomic mass is 15.4. The van der Waals surface area contributed by atoms with Gasteiger partial charge in [-0.15, -0.1) is 5.10 Å². The lowest BCUT2D eigenvalue weighted by molar-refractivity contribution is 0.739. The van der Waals surface area contributed by atoms with E-state index >= 15 is 0 Å². The van der Waals surface area contributed by atoms with Crippen molar-refractivity contribution in [3.05, 3.63) is 66.4 Å². The van der Waals surface area contributed by atoms with Crippen molar-refractivity contribution in [2.75, 3.05) is 22.9 Å². The van der Waals surface area contributed by atoms with E-state index in [0.717, 1.165) is 37.4 Å². The van der Waals surface area contributed by atoms with Gasteiger partial charge in [-0.25, -0.2) is 0 Å². The van der Waals surface area contributed by atoms with Crippen LogP contribution in [0.15, 0.2) is 60.8 Å². The summed E-state index contributed by atoms with van der Waals surface area (Å²) in [6.07, 6.45) is 3.93. The van der Waals surface area contributed by atoms with E-state index in [1.54, 1.807) is 6.20 Å². The number of aryl methyl sites for hydroxylation is 1. The second-order valence-electron chi connectivity index (χ2n) is 6.08. The Morgan fingerprint density at radius 3 is 2.68 bits per heavy atom. The summed E-state index contributed by atoms with van der Waals surface area (Å²) in [6.45, 7) is 3.85. The van der Waals surface area contributed by atoms with Gasteiger partial charge in [0.15, 0.2) is 5.82 Å². The normalized spacial score (nSPS) is 13.4. The molecule has 1 aliphatic heterocycles. The van der Waals surface area contributed by atoms with Crippen LogP contribution in [-0.4, -0.2) is 28.3 Å². The standard InChI is InChI=1S/C20H21N5/c1-2-24(17-11-4-3-5-12-17)19-15-21-23-20(22-19)25-14-8-10-16-9-6-7-13-18(16)25/h3-7,9,11-13,15H,2,8,10,14H2,1H3. The van der Waals surface area contributed by atoms with Crippen LogP contribution < -0.4 is 9.80 Å². The monoisotopic (exact) mass is 331 g/mol. The minimum absolute atomic E-state index is 0.666. The molecule has 0 amide bonds. The van der Waals surface area contributed by atoms with Crippen LogP contribution in [0.4, 0.5) is 23.1 Å². The number of fused-ring (bicyclic) bond motifs is 1. The van der Waals surface area contributed by atoms with Crippen LogP contribution >= 0.6 is 0 Å². The highest BCUT2D eigenvalue weighted by Crippen LogP contribution is 2.32. The Labute approximate surface area is 148 Å². The van der Waals surface area contributed by atoms with Crippen molar-refractivity contribution in [2.24, 2.45) is 0 Å². The lowest BCUT2D eigenvalue weighted by Crippen LogP contribution is -2.27. The van der Waals surface area contributed by atoms with Gasteiger partial charge in [0.05, 0.1) is 6.20 Å². The predicted molar refractivity (Wildman–Crippen MR) is 101 cm³/mol. The minimum Gasteiger partial charge on any atom is -0.325 e. The van der Waals surface area contributed by atoms with Gasteiger partial charge in [0.2, 0.25) is 0 Å². The fraction of sp³-hybridized carbons (Fsp3) is 0.250. The zero-order chi connectivity index (χ0) is 17.1. The van der Waals surface area contributed by atoms with E-state index in [2.05, 4.69) is 63.3 Å². The highest BCUT2D eigenvalue weighted by Gasteiger charge is 2.21. The quantitative estimate of drug-likeness (QED) is 0.720. The van der Waals surface area contributed by atoms with Gasteiger partial charge < -0.3 is 9.80 Å². The van der Waals surface area contributed by atoms with E-state index in [9.17, 15) is 0 Å². The molecule has 0 N–H and O–H groups in total. The summed E-state index contributed by atoms with van der Waals surface area (Å²) in [4.78, 5) is 9.14. The molecule has 0 atom stereocenters. The van der Waals surface area contributed by atoms with Gasteiger partial charge in [-0.3, -0.25) is 0 Å². The predicted octanol–water partition coefficient (Wildman–Crippen LogP) is 4.11. The SMILES string of the molecule is CCN(c1ccccc1)c1cnnc(N2CCCc3ccccc32)n1. The molecular formula is C20H21N5. The highest BCUT2D eigenvalue weighted by molar-refractivity contribution is 5.65. The fourth-order valence-electron chi connectivity index (χ4n) is 3.36. The van der Waals surface area contributed by atoms with E-state index < -0.39 is 0 Å². The molecule has 5 nitrogen and oxygen atoms in total. The van der Waals surface area contributed by atoms with Crippen molar-refractivity contribution < 1.29 is 0 Å². The molecule has 0 aliphatic carbocycles. The Morgan fingerprint density at radius 2 is 1.84 bits per heavy atom. The first-order chi connectivity index (χ1) is 12.4. The number of hydrogen-bond acceptors (Lipinski definition) is 5. The Balaban J connectivity index is 1.71. The molecule has 2 heterocycles. The molecule has 0 saturated carbocycles. The van der Waals surface area contributed by atoms with Gasteiger partial charge in [0.25, 0.3) is 5.95 Å². The van der Waals surface area contributed by atoms with E-state index in [0.29, 0.717) is 5.95 Å². The first-order valence-corrected chi connectivity index (χ1v) is 8.74. The van der Waals surface area contributed by atoms with Crippen LogP contribution in [0, 0.1) is 0 Å². The van der Waals surface area contributed by atoms with Crippen LogP contribution in [-0.2, 0) is 6.42 Å². The molecule has 0 spiro atoms. The van der Waals surface area contributed by atoms with Crippen LogP contribution in [0.5, 0.6) is 0 Å². The Hall–Kier alpha value is -2.95. The summed E-state index contributed by atoms with van der Waals surface area (Å²) in [5, 5.41) is 8.54. The number of aromatic nitrogens is 3. The molecule has 5 heteroatoms. The van der Waals surface area contributed by atoms with E-state index in [-0.39, 0.29) is 0 Å². The number of anilines is 4. The summed E-state index contributed by atoms with van der Waals surface area (Å²) in [7, 11) is 0. The second kappa shape index (κ2) is 6.89. The summed E-state index contributed by atoms with van der Waals surface area (Å²) in [6, 6.07) is 18.7. The zero-order valence-corrected chi connectivity index (χ0v) is 14.3. The van der Waals surface area contributed by atoms with Gasteiger partial charge in [-0.2, -0.15) is 10.1 Å². The summed E-state index contributed by atoms with van der Waals surface area (Å²) in [5.41, 5.74) is 3.64. The molecule has 0 radical (unpaired) electrons. The fourth-order valence-corrected chi connectivity index (χ4v) is 3.36. The Kier molecular flexibility index (Phi) is 4.29. The van der Waals surface area contributed by atoms with Crippen molar-refractivity contribution in [1.29, 1.82) is 0 Å². The van der Waals surface area contributed by atoms with E-state index in [1.165, 1.54) is 11.3 Å². The number of rotatable bonds is 4. The van der Waals surface area contributed by atoms with Gasteiger partial charge >= 0.3 is 0 Å². The summed E-state index contributed by atoms with van der Waals surface area (Å²) >= 11 is 0. The maximum Gasteiger partial charge on any atom is 0.251 e. The third-order valence-electron chi connectivity index (χ3n) is 4.55. The largest absolute Gasteiger partial charge is 0.325 e. The number of para-hydroxylation sites is 2. The maximum absolute atomic E-state index is 4.82. The first kappa shape index (κ1) is 15.6. The van der Waals surface area contributed by atoms with Crippen LogP contribution in [0.25, 0.3) is 0 Å². The van der Waals surface area contributed by atoms with Crippen molar-refractivity contribution in [2.45, 2.75) is 19.8 Å². The van der Waals surface area contributed by atoms with Crippen molar-refractivity contribution in [3.63, 3.8) is 0 Å². The summed E-state index contributed by atoms with van der Waals surface area (Å²) in [5.74, 6) is 1.49. The molecule has 0 fully saturated rings. The molecular weight excluding hydrogens is 310 g/mol. The van der Waals surface area contributed by atoms with Gasteiger partial charge in [0, 0.05) is 24.5 Å². The Bertz CT molecular complexity index is 849. The molecule has 1 aromatic heterocycles. The van der Waals surface area contributed by atoms with Gasteiger partial charge in [0.1, 0.15) is 0 Å². The molecule has 4 rings (SSSR count). The molecule has 3 aromatic rings. The third-order valence-corrected chi connectivity index (χ3v) is 4.55. The number of nitrogens with zero attached hydrogens (tertiary/aromatic N) is 5. The minimum atomic E-state index is 0.666. The summed E-state index contributed by atoms with van der Waals surface area (Å²) < 4.78 is 0. The van der Waals surface area contributed by atoms with Crippen molar-refractivity contribution >= 4 is 23.1 Å². The number of benzene rings is 2. The van der Waals surface area contributed by atoms with Crippen LogP contribution in [0.1, 0.15) is 18.9 Å². The molecule has 0 bridgehead atoms. The third kappa shape index (κ3) is 3.05. The van der Waals surface area contributed by atoms with Crippen molar-refractivity contribution in [3.8, 4) is 0 Å². The topological polar surface area (TPSA) is 45.2 Å². The number of hydrogen-bond donors (Lipinski definition) is 0. The lowest BCUT2D eigenvalue weighted by atomic mass is 10.0. The van der Waals surface area contributed by atoms with E-state index in [4.69, 9.17) is 4.98 Å². The van der Waals surface area contributed by atoms with Gasteiger partial charge in [-0.05, 0) is 43.5 Å².